The Hall–Kier alpha value is -3.89. The van der Waals surface area contributed by atoms with Gasteiger partial charge < -0.3 is 5.32 Å². The van der Waals surface area contributed by atoms with Gasteiger partial charge in [0.1, 0.15) is 22.5 Å². The number of nitrogens with one attached hydrogen (secondary N) is 1. The Labute approximate surface area is 201 Å². The number of thioether (sulfide) groups is 1. The van der Waals surface area contributed by atoms with Crippen LogP contribution >= 0.6 is 11.8 Å². The molecule has 0 spiro atoms. The molecular formula is C27H22FN3O2S. The molecule has 3 aromatic rings. The number of aryl methyl sites for hydroxylation is 2. The number of anilines is 2. The van der Waals surface area contributed by atoms with E-state index in [0.29, 0.717) is 17.8 Å². The molecule has 2 amide bonds. The summed E-state index contributed by atoms with van der Waals surface area (Å²) < 4.78 is 13.6. The summed E-state index contributed by atoms with van der Waals surface area (Å²) in [4.78, 5) is 27.8. The molecule has 7 heteroatoms. The maximum atomic E-state index is 13.6. The van der Waals surface area contributed by atoms with Crippen LogP contribution in [0.2, 0.25) is 0 Å². The second-order valence-corrected chi connectivity index (χ2v) is 9.25. The second-order valence-electron chi connectivity index (χ2n) is 8.06. The predicted octanol–water partition coefficient (Wildman–Crippen LogP) is 5.51. The first kappa shape index (κ1) is 23.3. The second kappa shape index (κ2) is 9.94. The minimum Gasteiger partial charge on any atom is -0.321 e. The summed E-state index contributed by atoms with van der Waals surface area (Å²) in [5, 5.41) is 12.3. The van der Waals surface area contributed by atoms with Gasteiger partial charge in [-0.1, -0.05) is 59.3 Å². The molecule has 1 aliphatic rings. The number of rotatable bonds is 5. The topological polar surface area (TPSA) is 73.2 Å². The Morgan fingerprint density at radius 1 is 1.00 bits per heavy atom. The van der Waals surface area contributed by atoms with Crippen molar-refractivity contribution in [3.63, 3.8) is 0 Å². The van der Waals surface area contributed by atoms with Crippen molar-refractivity contribution in [3.05, 3.63) is 106 Å². The van der Waals surface area contributed by atoms with Crippen molar-refractivity contribution in [1.29, 1.82) is 5.26 Å². The van der Waals surface area contributed by atoms with Gasteiger partial charge in [-0.05, 0) is 62.2 Å². The van der Waals surface area contributed by atoms with Gasteiger partial charge in [-0.2, -0.15) is 5.26 Å². The first-order chi connectivity index (χ1) is 16.4. The van der Waals surface area contributed by atoms with Gasteiger partial charge in [-0.25, -0.2) is 4.39 Å². The van der Waals surface area contributed by atoms with E-state index in [9.17, 15) is 19.2 Å². The van der Waals surface area contributed by atoms with Crippen molar-refractivity contribution in [1.82, 2.24) is 0 Å². The fourth-order valence-corrected chi connectivity index (χ4v) is 4.89. The lowest BCUT2D eigenvalue weighted by atomic mass is 10.1. The number of nitrogens with zero attached hydrogens (tertiary/aromatic N) is 2. The number of nitriles is 1. The van der Waals surface area contributed by atoms with Crippen LogP contribution in [-0.2, 0) is 16.0 Å². The summed E-state index contributed by atoms with van der Waals surface area (Å²) in [6, 6.07) is 22.5. The van der Waals surface area contributed by atoms with Crippen molar-refractivity contribution < 1.29 is 14.0 Å². The van der Waals surface area contributed by atoms with E-state index in [1.165, 1.54) is 40.9 Å². The Morgan fingerprint density at radius 2 is 1.59 bits per heavy atom. The van der Waals surface area contributed by atoms with Crippen molar-refractivity contribution in [2.24, 2.45) is 0 Å². The van der Waals surface area contributed by atoms with Crippen molar-refractivity contribution in [3.8, 4) is 6.07 Å². The smallest absolute Gasteiger partial charge is 0.269 e. The Bertz CT molecular complexity index is 1290. The third-order valence-corrected chi connectivity index (χ3v) is 6.70. The minimum absolute atomic E-state index is 0.172. The molecule has 1 heterocycles. The summed E-state index contributed by atoms with van der Waals surface area (Å²) in [5.41, 5.74) is 3.89. The van der Waals surface area contributed by atoms with E-state index in [1.54, 1.807) is 12.1 Å². The van der Waals surface area contributed by atoms with Gasteiger partial charge in [-0.3, -0.25) is 14.5 Å². The number of carbonyl (C=O) groups excluding carboxylic acids is 2. The molecule has 1 aliphatic heterocycles. The van der Waals surface area contributed by atoms with Crippen LogP contribution in [0.25, 0.3) is 0 Å². The summed E-state index contributed by atoms with van der Waals surface area (Å²) >= 11 is 1.18. The number of hydrogen-bond acceptors (Lipinski definition) is 4. The van der Waals surface area contributed by atoms with Crippen molar-refractivity contribution in [2.75, 3.05) is 10.2 Å². The highest BCUT2D eigenvalue weighted by atomic mass is 32.2. The highest BCUT2D eigenvalue weighted by molar-refractivity contribution is 8.05. The minimum atomic E-state index is -0.607. The third kappa shape index (κ3) is 5.03. The van der Waals surface area contributed by atoms with E-state index < -0.39 is 17.0 Å². The van der Waals surface area contributed by atoms with Crippen LogP contribution in [0.15, 0.2) is 83.4 Å². The lowest BCUT2D eigenvalue weighted by Gasteiger charge is -2.18. The largest absolute Gasteiger partial charge is 0.321 e. The zero-order chi connectivity index (χ0) is 24.2. The molecular weight excluding hydrogens is 449 g/mol. The molecule has 5 nitrogen and oxygen atoms in total. The highest BCUT2D eigenvalue weighted by Crippen LogP contribution is 2.42. The molecule has 0 radical (unpaired) electrons. The third-order valence-electron chi connectivity index (χ3n) is 5.44. The van der Waals surface area contributed by atoms with E-state index in [4.69, 9.17) is 0 Å². The molecule has 1 saturated heterocycles. The average Bonchev–Trinajstić information content (AvgIpc) is 3.13. The lowest BCUT2D eigenvalue weighted by Crippen LogP contribution is -2.30. The lowest BCUT2D eigenvalue weighted by molar-refractivity contribution is -0.117. The molecule has 1 N–H and O–H groups in total. The zero-order valence-corrected chi connectivity index (χ0v) is 19.5. The van der Waals surface area contributed by atoms with Crippen LogP contribution in [0.3, 0.4) is 0 Å². The number of hydrogen-bond donors (Lipinski definition) is 1. The number of benzene rings is 3. The SMILES string of the molecule is Cc1ccc(CC2S/C(=C(/C#N)C(=O)Nc3ccc(C)cc3)N(c3ccc(F)cc3)C2=O)cc1. The average molecular weight is 472 g/mol. The molecule has 0 saturated carbocycles. The van der Waals surface area contributed by atoms with Gasteiger partial charge in [0.05, 0.1) is 5.25 Å². The molecule has 1 unspecified atom stereocenters. The maximum absolute atomic E-state index is 13.6. The standard InChI is InChI=1S/C27H22FN3O2S/c1-17-3-7-19(8-4-17)15-24-26(33)31(22-13-9-20(28)10-14-22)27(34-24)23(16-29)25(32)30-21-11-5-18(2)6-12-21/h3-14,24H,15H2,1-2H3,(H,30,32)/b27-23-. The summed E-state index contributed by atoms with van der Waals surface area (Å²) in [7, 11) is 0. The van der Waals surface area contributed by atoms with Gasteiger partial charge >= 0.3 is 0 Å². The Balaban J connectivity index is 1.71. The van der Waals surface area contributed by atoms with Gasteiger partial charge in [-0.15, -0.1) is 0 Å². The molecule has 0 bridgehead atoms. The monoisotopic (exact) mass is 471 g/mol. The molecule has 3 aromatic carbocycles. The number of carbonyl (C=O) groups is 2. The van der Waals surface area contributed by atoms with E-state index in [1.807, 2.05) is 56.3 Å². The fourth-order valence-electron chi connectivity index (χ4n) is 3.58. The molecule has 170 valence electrons. The van der Waals surface area contributed by atoms with E-state index >= 15 is 0 Å². The Morgan fingerprint density at radius 3 is 2.18 bits per heavy atom. The van der Waals surface area contributed by atoms with Gasteiger partial charge in [0, 0.05) is 11.4 Å². The molecule has 0 aliphatic carbocycles. The van der Waals surface area contributed by atoms with Crippen LogP contribution in [0.5, 0.6) is 0 Å². The van der Waals surface area contributed by atoms with Crippen molar-refractivity contribution in [2.45, 2.75) is 25.5 Å². The highest BCUT2D eigenvalue weighted by Gasteiger charge is 2.40. The van der Waals surface area contributed by atoms with Crippen LogP contribution in [0.4, 0.5) is 15.8 Å². The van der Waals surface area contributed by atoms with Gasteiger partial charge in [0.15, 0.2) is 0 Å². The van der Waals surface area contributed by atoms with Crippen molar-refractivity contribution >= 4 is 35.0 Å². The molecule has 0 aromatic heterocycles. The summed E-state index contributed by atoms with van der Waals surface area (Å²) in [6.07, 6.45) is 0.434. The first-order valence-electron chi connectivity index (χ1n) is 10.7. The zero-order valence-electron chi connectivity index (χ0n) is 18.7. The summed E-state index contributed by atoms with van der Waals surface area (Å²) in [6.45, 7) is 3.92. The van der Waals surface area contributed by atoms with Crippen LogP contribution < -0.4 is 10.2 Å². The Kier molecular flexibility index (Phi) is 6.80. The van der Waals surface area contributed by atoms with E-state index in [2.05, 4.69) is 5.32 Å². The van der Waals surface area contributed by atoms with E-state index in [0.717, 1.165) is 16.7 Å². The van der Waals surface area contributed by atoms with Gasteiger partial charge in [0.25, 0.3) is 5.91 Å². The number of halogens is 1. The fraction of sp³-hybridized carbons (Fsp3) is 0.148. The predicted molar refractivity (Wildman–Crippen MR) is 133 cm³/mol. The molecule has 1 atom stereocenters. The molecule has 1 fully saturated rings. The summed E-state index contributed by atoms with van der Waals surface area (Å²) in [5.74, 6) is -1.31. The van der Waals surface area contributed by atoms with E-state index in [-0.39, 0.29) is 16.5 Å². The first-order valence-corrected chi connectivity index (χ1v) is 11.6. The molecule has 34 heavy (non-hydrogen) atoms. The van der Waals surface area contributed by atoms with Gasteiger partial charge in [0.2, 0.25) is 5.91 Å². The number of amides is 2. The van der Waals surface area contributed by atoms with Crippen LogP contribution in [0.1, 0.15) is 16.7 Å². The van der Waals surface area contributed by atoms with Crippen LogP contribution in [-0.4, -0.2) is 17.1 Å². The molecule has 4 rings (SSSR count). The quantitative estimate of drug-likeness (QED) is 0.394. The maximum Gasteiger partial charge on any atom is 0.269 e. The van der Waals surface area contributed by atoms with Crippen LogP contribution in [0, 0.1) is 31.0 Å². The normalized spacial score (nSPS) is 16.8.